The number of halogens is 2. The quantitative estimate of drug-likeness (QED) is 0.693. The highest BCUT2D eigenvalue weighted by Gasteiger charge is 2.27. The first-order valence-electron chi connectivity index (χ1n) is 6.80. The lowest BCUT2D eigenvalue weighted by molar-refractivity contribution is -0.130. The Balaban J connectivity index is 1.63. The molecule has 0 aromatic heterocycles. The Labute approximate surface area is 136 Å². The third kappa shape index (κ3) is 3.43. The zero-order chi connectivity index (χ0) is 16.2. The Morgan fingerprint density at radius 2 is 2.04 bits per heavy atom. The Kier molecular flexibility index (Phi) is 4.43. The minimum Gasteiger partial charge on any atom is -0.485 e. The predicted octanol–water partition coefficient (Wildman–Crippen LogP) is 2.77. The van der Waals surface area contributed by atoms with Crippen molar-refractivity contribution >= 4 is 23.7 Å². The molecule has 7 heteroatoms. The van der Waals surface area contributed by atoms with Crippen LogP contribution in [-0.4, -0.2) is 24.8 Å². The Morgan fingerprint density at radius 1 is 1.26 bits per heavy atom. The van der Waals surface area contributed by atoms with E-state index in [-0.39, 0.29) is 17.2 Å². The average Bonchev–Trinajstić information content (AvgIpc) is 2.57. The van der Waals surface area contributed by atoms with Gasteiger partial charge >= 0.3 is 0 Å². The van der Waals surface area contributed by atoms with Gasteiger partial charge in [-0.15, -0.1) is 0 Å². The molecule has 1 aliphatic rings. The van der Waals surface area contributed by atoms with E-state index in [0.29, 0.717) is 11.5 Å². The van der Waals surface area contributed by atoms with Gasteiger partial charge in [0.05, 0.1) is 11.2 Å². The molecule has 1 heterocycles. The van der Waals surface area contributed by atoms with Gasteiger partial charge in [0.15, 0.2) is 11.5 Å². The molecule has 3 rings (SSSR count). The molecule has 0 radical (unpaired) electrons. The van der Waals surface area contributed by atoms with Crippen molar-refractivity contribution < 1.29 is 18.7 Å². The van der Waals surface area contributed by atoms with E-state index in [0.717, 1.165) is 6.21 Å². The van der Waals surface area contributed by atoms with Crippen LogP contribution >= 0.6 is 11.6 Å². The highest BCUT2D eigenvalue weighted by molar-refractivity contribution is 6.33. The van der Waals surface area contributed by atoms with Crippen LogP contribution in [0.3, 0.4) is 0 Å². The van der Waals surface area contributed by atoms with Gasteiger partial charge in [0, 0.05) is 5.56 Å². The molecule has 0 saturated heterocycles. The number of para-hydroxylation sites is 2. The molecule has 1 N–H and O–H groups in total. The lowest BCUT2D eigenvalue weighted by Crippen LogP contribution is -2.42. The average molecular weight is 335 g/mol. The zero-order valence-electron chi connectivity index (χ0n) is 11.8. The van der Waals surface area contributed by atoms with Crippen molar-refractivity contribution in [1.29, 1.82) is 0 Å². The molecule has 0 spiro atoms. The second kappa shape index (κ2) is 6.66. The summed E-state index contributed by atoms with van der Waals surface area (Å²) < 4.78 is 24.5. The molecule has 1 aliphatic heterocycles. The number of hydrazone groups is 1. The first-order valence-corrected chi connectivity index (χ1v) is 7.18. The third-order valence-electron chi connectivity index (χ3n) is 3.17. The largest absolute Gasteiger partial charge is 0.485 e. The van der Waals surface area contributed by atoms with E-state index in [2.05, 4.69) is 10.5 Å². The van der Waals surface area contributed by atoms with Crippen molar-refractivity contribution in [2.75, 3.05) is 6.61 Å². The zero-order valence-corrected chi connectivity index (χ0v) is 12.6. The fraction of sp³-hybridized carbons (Fsp3) is 0.125. The van der Waals surface area contributed by atoms with E-state index in [1.54, 1.807) is 18.2 Å². The number of ether oxygens (including phenoxy) is 2. The van der Waals surface area contributed by atoms with Crippen LogP contribution in [0.25, 0.3) is 0 Å². The van der Waals surface area contributed by atoms with Gasteiger partial charge in [0.1, 0.15) is 12.4 Å². The number of carbonyl (C=O) groups is 1. The fourth-order valence-electron chi connectivity index (χ4n) is 2.02. The maximum atomic E-state index is 13.6. The molecule has 2 aromatic carbocycles. The first-order chi connectivity index (χ1) is 11.1. The molecule has 118 valence electrons. The summed E-state index contributed by atoms with van der Waals surface area (Å²) in [6, 6.07) is 11.3. The van der Waals surface area contributed by atoms with Gasteiger partial charge in [-0.25, -0.2) is 9.82 Å². The summed E-state index contributed by atoms with van der Waals surface area (Å²) in [6.07, 6.45) is 0.311. The highest BCUT2D eigenvalue weighted by atomic mass is 35.5. The van der Waals surface area contributed by atoms with Crippen LogP contribution in [0.1, 0.15) is 5.56 Å². The van der Waals surface area contributed by atoms with Crippen LogP contribution in [-0.2, 0) is 4.79 Å². The van der Waals surface area contributed by atoms with Gasteiger partial charge in [-0.1, -0.05) is 29.8 Å². The van der Waals surface area contributed by atoms with Gasteiger partial charge < -0.3 is 9.47 Å². The minimum atomic E-state index is -0.835. The van der Waals surface area contributed by atoms with E-state index in [4.69, 9.17) is 21.1 Å². The molecule has 0 unspecified atom stereocenters. The van der Waals surface area contributed by atoms with Crippen molar-refractivity contribution in [2.45, 2.75) is 6.10 Å². The minimum absolute atomic E-state index is 0.0683. The third-order valence-corrected chi connectivity index (χ3v) is 3.50. The number of benzene rings is 2. The van der Waals surface area contributed by atoms with Gasteiger partial charge in [0.25, 0.3) is 5.91 Å². The first kappa shape index (κ1) is 15.3. The predicted molar refractivity (Wildman–Crippen MR) is 83.5 cm³/mol. The normalized spacial score (nSPS) is 16.3. The number of nitrogens with one attached hydrogen (secondary N) is 1. The van der Waals surface area contributed by atoms with Crippen LogP contribution in [0, 0.1) is 5.82 Å². The molecule has 1 atom stereocenters. The number of hydrogen-bond acceptors (Lipinski definition) is 4. The molecule has 23 heavy (non-hydrogen) atoms. The monoisotopic (exact) mass is 334 g/mol. The molecular formula is C16H12ClFN2O3. The van der Waals surface area contributed by atoms with Crippen LogP contribution in [0.2, 0.25) is 5.02 Å². The van der Waals surface area contributed by atoms with Gasteiger partial charge in [-0.3, -0.25) is 4.79 Å². The van der Waals surface area contributed by atoms with Crippen molar-refractivity contribution in [3.05, 3.63) is 58.9 Å². The topological polar surface area (TPSA) is 59.9 Å². The summed E-state index contributed by atoms with van der Waals surface area (Å²) in [5.74, 6) is 0.0445. The Morgan fingerprint density at radius 3 is 2.83 bits per heavy atom. The number of hydrogen-bond donors (Lipinski definition) is 1. The molecule has 0 aliphatic carbocycles. The van der Waals surface area contributed by atoms with Crippen LogP contribution in [0.15, 0.2) is 47.6 Å². The molecular weight excluding hydrogens is 323 g/mol. The SMILES string of the molecule is O=C(N/N=C\c1c(F)cccc1Cl)[C@H]1COc2ccccc2O1. The van der Waals surface area contributed by atoms with Gasteiger partial charge in [-0.05, 0) is 24.3 Å². The number of amides is 1. The lowest BCUT2D eigenvalue weighted by Gasteiger charge is -2.24. The molecule has 1 amide bonds. The van der Waals surface area contributed by atoms with Crippen molar-refractivity contribution in [1.82, 2.24) is 5.43 Å². The van der Waals surface area contributed by atoms with E-state index in [1.165, 1.54) is 18.2 Å². The van der Waals surface area contributed by atoms with Crippen molar-refractivity contribution in [3.8, 4) is 11.5 Å². The maximum Gasteiger partial charge on any atom is 0.284 e. The summed E-state index contributed by atoms with van der Waals surface area (Å²) in [5, 5.41) is 3.91. The van der Waals surface area contributed by atoms with E-state index in [1.807, 2.05) is 6.07 Å². The molecule has 0 fully saturated rings. The number of fused-ring (bicyclic) bond motifs is 1. The van der Waals surface area contributed by atoms with E-state index in [9.17, 15) is 9.18 Å². The summed E-state index contributed by atoms with van der Waals surface area (Å²) in [4.78, 5) is 12.0. The number of rotatable bonds is 3. The molecule has 2 aromatic rings. The summed E-state index contributed by atoms with van der Waals surface area (Å²) in [5.41, 5.74) is 2.38. The second-order valence-corrected chi connectivity index (χ2v) is 5.14. The smallest absolute Gasteiger partial charge is 0.284 e. The number of nitrogens with zero attached hydrogens (tertiary/aromatic N) is 1. The Hall–Kier alpha value is -2.60. The van der Waals surface area contributed by atoms with Gasteiger partial charge in [-0.2, -0.15) is 5.10 Å². The summed E-state index contributed by atoms with van der Waals surface area (Å²) in [7, 11) is 0. The van der Waals surface area contributed by atoms with Gasteiger partial charge in [0.2, 0.25) is 6.10 Å². The van der Waals surface area contributed by atoms with Crippen LogP contribution < -0.4 is 14.9 Å². The maximum absolute atomic E-state index is 13.6. The molecule has 0 bridgehead atoms. The summed E-state index contributed by atoms with van der Waals surface area (Å²) >= 11 is 5.86. The lowest BCUT2D eigenvalue weighted by atomic mass is 10.2. The van der Waals surface area contributed by atoms with Crippen molar-refractivity contribution in [3.63, 3.8) is 0 Å². The van der Waals surface area contributed by atoms with Crippen LogP contribution in [0.4, 0.5) is 4.39 Å². The Bertz CT molecular complexity index is 746. The summed E-state index contributed by atoms with van der Waals surface area (Å²) in [6.45, 7) is 0.0683. The van der Waals surface area contributed by atoms with E-state index >= 15 is 0 Å². The van der Waals surface area contributed by atoms with Crippen molar-refractivity contribution in [2.24, 2.45) is 5.10 Å². The number of carbonyl (C=O) groups excluding carboxylic acids is 1. The fourth-order valence-corrected chi connectivity index (χ4v) is 2.23. The van der Waals surface area contributed by atoms with E-state index < -0.39 is 17.8 Å². The highest BCUT2D eigenvalue weighted by Crippen LogP contribution is 2.30. The standard InChI is InChI=1S/C16H12ClFN2O3/c17-11-4-3-5-12(18)10(11)8-19-20-16(21)15-9-22-13-6-1-2-7-14(13)23-15/h1-8,15H,9H2,(H,20,21)/b19-8-/t15-/m1/s1. The molecule has 5 nitrogen and oxygen atoms in total. The second-order valence-electron chi connectivity index (χ2n) is 4.73. The molecule has 0 saturated carbocycles. The van der Waals surface area contributed by atoms with Crippen LogP contribution in [0.5, 0.6) is 11.5 Å².